The van der Waals surface area contributed by atoms with Gasteiger partial charge in [-0.05, 0) is 43.3 Å². The van der Waals surface area contributed by atoms with Crippen molar-refractivity contribution in [3.05, 3.63) is 60.2 Å². The van der Waals surface area contributed by atoms with Gasteiger partial charge in [0.05, 0.1) is 19.7 Å². The van der Waals surface area contributed by atoms with Gasteiger partial charge in [-0.2, -0.15) is 0 Å². The fourth-order valence-corrected chi connectivity index (χ4v) is 3.88. The molecule has 0 aliphatic carbocycles. The lowest BCUT2D eigenvalue weighted by molar-refractivity contribution is 0.0677. The van der Waals surface area contributed by atoms with Crippen molar-refractivity contribution in [1.29, 1.82) is 0 Å². The molecule has 0 bridgehead atoms. The molecule has 1 aromatic carbocycles. The molecule has 1 aliphatic rings. The van der Waals surface area contributed by atoms with Crippen LogP contribution < -0.4 is 4.74 Å². The molecule has 146 valence electrons. The van der Waals surface area contributed by atoms with Gasteiger partial charge in [0.1, 0.15) is 17.1 Å². The van der Waals surface area contributed by atoms with Crippen molar-refractivity contribution >= 4 is 16.8 Å². The summed E-state index contributed by atoms with van der Waals surface area (Å²) in [5.74, 6) is 2.20. The number of fused-ring (bicyclic) bond motifs is 2. The van der Waals surface area contributed by atoms with Gasteiger partial charge in [0.25, 0.3) is 5.91 Å². The van der Waals surface area contributed by atoms with Crippen molar-refractivity contribution in [3.63, 3.8) is 0 Å². The minimum Gasteiger partial charge on any atom is -0.497 e. The number of carbonyl (C=O) groups excluding carboxylic acids is 1. The second-order valence-corrected chi connectivity index (χ2v) is 7.20. The fourth-order valence-electron chi connectivity index (χ4n) is 3.88. The standard InChI is InChI=1S/C21H20N6O2/c1-13-11-26(12-19-24-25-20(27(13)19)17-5-3-4-8-22-17)21(28)18-10-14-9-15(29-2)6-7-16(14)23-18/h3-10,13,23H,11-12H2,1-2H3/t13-/m0/s1. The maximum absolute atomic E-state index is 13.1. The minimum absolute atomic E-state index is 0.0409. The van der Waals surface area contributed by atoms with Crippen LogP contribution in [0.3, 0.4) is 0 Å². The van der Waals surface area contributed by atoms with Crippen LogP contribution in [0.4, 0.5) is 0 Å². The lowest BCUT2D eigenvalue weighted by Crippen LogP contribution is -2.40. The van der Waals surface area contributed by atoms with E-state index in [2.05, 4.69) is 31.7 Å². The summed E-state index contributed by atoms with van der Waals surface area (Å²) >= 11 is 0. The molecule has 0 unspecified atom stereocenters. The smallest absolute Gasteiger partial charge is 0.270 e. The number of nitrogens with zero attached hydrogens (tertiary/aromatic N) is 5. The topological polar surface area (TPSA) is 88.9 Å². The first-order valence-corrected chi connectivity index (χ1v) is 9.45. The Kier molecular flexibility index (Phi) is 4.04. The van der Waals surface area contributed by atoms with Crippen molar-refractivity contribution in [1.82, 2.24) is 29.6 Å². The summed E-state index contributed by atoms with van der Waals surface area (Å²) < 4.78 is 7.34. The maximum Gasteiger partial charge on any atom is 0.270 e. The molecule has 4 aromatic rings. The average Bonchev–Trinajstić information content (AvgIpc) is 3.37. The van der Waals surface area contributed by atoms with Crippen LogP contribution in [0.2, 0.25) is 0 Å². The number of pyridine rings is 1. The largest absolute Gasteiger partial charge is 0.497 e. The number of rotatable bonds is 3. The number of hydrogen-bond donors (Lipinski definition) is 1. The van der Waals surface area contributed by atoms with Gasteiger partial charge < -0.3 is 19.2 Å². The number of benzene rings is 1. The Morgan fingerprint density at radius 2 is 2.10 bits per heavy atom. The summed E-state index contributed by atoms with van der Waals surface area (Å²) in [7, 11) is 1.63. The Morgan fingerprint density at radius 1 is 1.21 bits per heavy atom. The van der Waals surface area contributed by atoms with Crippen LogP contribution in [0.15, 0.2) is 48.7 Å². The number of carbonyl (C=O) groups is 1. The predicted molar refractivity (Wildman–Crippen MR) is 108 cm³/mol. The van der Waals surface area contributed by atoms with E-state index < -0.39 is 0 Å². The zero-order chi connectivity index (χ0) is 20.0. The summed E-state index contributed by atoms with van der Waals surface area (Å²) in [6.07, 6.45) is 1.74. The molecular weight excluding hydrogens is 368 g/mol. The lowest BCUT2D eigenvalue weighted by atomic mass is 10.2. The molecule has 5 rings (SSSR count). The quantitative estimate of drug-likeness (QED) is 0.583. The fraction of sp³-hybridized carbons (Fsp3) is 0.238. The molecule has 1 atom stereocenters. The summed E-state index contributed by atoms with van der Waals surface area (Å²) in [5.41, 5.74) is 2.24. The Balaban J connectivity index is 1.44. The van der Waals surface area contributed by atoms with Crippen LogP contribution in [0.25, 0.3) is 22.4 Å². The molecule has 0 saturated heterocycles. The monoisotopic (exact) mass is 388 g/mol. The van der Waals surface area contributed by atoms with Crippen molar-refractivity contribution in [2.75, 3.05) is 13.7 Å². The molecule has 3 aromatic heterocycles. The van der Waals surface area contributed by atoms with Gasteiger partial charge in [-0.1, -0.05) is 6.07 Å². The third kappa shape index (κ3) is 2.93. The third-order valence-corrected chi connectivity index (χ3v) is 5.26. The van der Waals surface area contributed by atoms with Crippen molar-refractivity contribution < 1.29 is 9.53 Å². The van der Waals surface area contributed by atoms with Crippen molar-refractivity contribution in [2.45, 2.75) is 19.5 Å². The number of aromatic nitrogens is 5. The minimum atomic E-state index is -0.0550. The molecule has 1 amide bonds. The van der Waals surface area contributed by atoms with Gasteiger partial charge in [0.15, 0.2) is 11.6 Å². The number of methoxy groups -OCH3 is 1. The summed E-state index contributed by atoms with van der Waals surface area (Å²) in [4.78, 5) is 22.6. The lowest BCUT2D eigenvalue weighted by Gasteiger charge is -2.32. The maximum atomic E-state index is 13.1. The van der Waals surface area contributed by atoms with Gasteiger partial charge in [0, 0.05) is 23.6 Å². The molecule has 0 radical (unpaired) electrons. The Morgan fingerprint density at radius 3 is 2.90 bits per heavy atom. The van der Waals surface area contributed by atoms with E-state index in [1.807, 2.05) is 42.5 Å². The number of aromatic amines is 1. The van der Waals surface area contributed by atoms with Crippen LogP contribution in [0.1, 0.15) is 29.3 Å². The first kappa shape index (κ1) is 17.4. The van der Waals surface area contributed by atoms with E-state index in [0.717, 1.165) is 34.0 Å². The highest BCUT2D eigenvalue weighted by atomic mass is 16.5. The van der Waals surface area contributed by atoms with Crippen LogP contribution in [-0.2, 0) is 6.54 Å². The molecule has 0 saturated carbocycles. The molecule has 1 aliphatic heterocycles. The SMILES string of the molecule is COc1ccc2[nH]c(C(=O)N3Cc4nnc(-c5ccccn5)n4[C@@H](C)C3)cc2c1. The van der Waals surface area contributed by atoms with E-state index in [9.17, 15) is 4.79 Å². The first-order valence-electron chi connectivity index (χ1n) is 9.45. The number of nitrogens with one attached hydrogen (secondary N) is 1. The third-order valence-electron chi connectivity index (χ3n) is 5.26. The van der Waals surface area contributed by atoms with E-state index in [-0.39, 0.29) is 11.9 Å². The van der Waals surface area contributed by atoms with E-state index in [4.69, 9.17) is 4.74 Å². The average molecular weight is 388 g/mol. The zero-order valence-electron chi connectivity index (χ0n) is 16.2. The molecule has 1 N–H and O–H groups in total. The Labute approximate surface area is 167 Å². The number of amides is 1. The number of H-pyrrole nitrogens is 1. The number of ether oxygens (including phenoxy) is 1. The van der Waals surface area contributed by atoms with E-state index in [0.29, 0.717) is 18.8 Å². The summed E-state index contributed by atoms with van der Waals surface area (Å²) in [6, 6.07) is 13.3. The highest BCUT2D eigenvalue weighted by molar-refractivity contribution is 5.98. The highest BCUT2D eigenvalue weighted by Gasteiger charge is 2.31. The second kappa shape index (κ2) is 6.73. The molecule has 0 spiro atoms. The second-order valence-electron chi connectivity index (χ2n) is 7.20. The van der Waals surface area contributed by atoms with Crippen LogP contribution in [0.5, 0.6) is 5.75 Å². The van der Waals surface area contributed by atoms with Gasteiger partial charge in [-0.15, -0.1) is 10.2 Å². The van der Waals surface area contributed by atoms with E-state index >= 15 is 0 Å². The molecule has 4 heterocycles. The number of hydrogen-bond acceptors (Lipinski definition) is 5. The normalized spacial score (nSPS) is 16.1. The van der Waals surface area contributed by atoms with E-state index in [1.165, 1.54) is 0 Å². The highest BCUT2D eigenvalue weighted by Crippen LogP contribution is 2.28. The molecule has 29 heavy (non-hydrogen) atoms. The van der Waals surface area contributed by atoms with Crippen LogP contribution in [-0.4, -0.2) is 49.2 Å². The molecule has 8 heteroatoms. The predicted octanol–water partition coefficient (Wildman–Crippen LogP) is 3.05. The van der Waals surface area contributed by atoms with Crippen molar-refractivity contribution in [3.8, 4) is 17.3 Å². The summed E-state index contributed by atoms with van der Waals surface area (Å²) in [6.45, 7) is 3.04. The van der Waals surface area contributed by atoms with Gasteiger partial charge in [-0.25, -0.2) is 0 Å². The summed E-state index contributed by atoms with van der Waals surface area (Å²) in [5, 5.41) is 9.60. The first-order chi connectivity index (χ1) is 14.1. The molecule has 0 fully saturated rings. The van der Waals surface area contributed by atoms with Crippen molar-refractivity contribution in [2.24, 2.45) is 0 Å². The van der Waals surface area contributed by atoms with Crippen LogP contribution in [0, 0.1) is 0 Å². The molecule has 8 nitrogen and oxygen atoms in total. The zero-order valence-corrected chi connectivity index (χ0v) is 16.2. The van der Waals surface area contributed by atoms with Gasteiger partial charge in [0.2, 0.25) is 0 Å². The Bertz CT molecular complexity index is 1200. The molecular formula is C21H20N6O2. The van der Waals surface area contributed by atoms with Crippen LogP contribution >= 0.6 is 0 Å². The van der Waals surface area contributed by atoms with E-state index in [1.54, 1.807) is 18.2 Å². The van der Waals surface area contributed by atoms with Gasteiger partial charge >= 0.3 is 0 Å². The van der Waals surface area contributed by atoms with Gasteiger partial charge in [-0.3, -0.25) is 9.78 Å². The Hall–Kier alpha value is -3.68.